The van der Waals surface area contributed by atoms with Crippen LogP contribution in [0.4, 0.5) is 0 Å². The Kier molecular flexibility index (Phi) is 242. The van der Waals surface area contributed by atoms with E-state index in [9.17, 15) is 8.42 Å². The Morgan fingerprint density at radius 1 is 0.899 bits per heavy atom. The molecule has 0 spiro atoms. The molecule has 2 unspecified atom stereocenters. The van der Waals surface area contributed by atoms with Crippen LogP contribution in [0.3, 0.4) is 0 Å². The molecule has 414 valence electrons. The summed E-state index contributed by atoms with van der Waals surface area (Å²) in [6.07, 6.45) is 40.0. The first-order valence-electron chi connectivity index (χ1n) is 21.3. The van der Waals surface area contributed by atoms with Crippen LogP contribution in [0.5, 0.6) is 0 Å². The molecule has 2 rings (SSSR count). The van der Waals surface area contributed by atoms with Gasteiger partial charge in [-0.1, -0.05) is 86.8 Å². The van der Waals surface area contributed by atoms with Crippen LogP contribution < -0.4 is 5.73 Å². The molecule has 0 aromatic carbocycles. The van der Waals surface area contributed by atoms with Crippen LogP contribution in [0.25, 0.3) is 0 Å². The molecule has 0 aromatic rings. The largest absolute Gasteiger partial charge is 0.481 e. The van der Waals surface area contributed by atoms with Crippen molar-refractivity contribution in [3.05, 3.63) is 72.9 Å². The van der Waals surface area contributed by atoms with Gasteiger partial charge in [0.25, 0.3) is 16.1 Å². The van der Waals surface area contributed by atoms with Crippen LogP contribution in [0.15, 0.2) is 82.9 Å². The highest BCUT2D eigenvalue weighted by molar-refractivity contribution is 7.85. The molecule has 2 aliphatic rings. The fourth-order valence-corrected chi connectivity index (χ4v) is 0.830. The molecule has 2 fully saturated rings. The number of isocyanates is 1. The quantitative estimate of drug-likeness (QED) is 0.0205. The summed E-state index contributed by atoms with van der Waals surface area (Å²) in [5.41, 5.74) is 7.05. The third kappa shape index (κ3) is 1140. The molecule has 0 aromatic heterocycles. The van der Waals surface area contributed by atoms with E-state index in [2.05, 4.69) is 143 Å². The summed E-state index contributed by atoms with van der Waals surface area (Å²) in [7, 11) is 1.81. The lowest BCUT2D eigenvalue weighted by molar-refractivity contribution is -0.134. The number of hydrogen-bond donors (Lipinski definition) is 5. The second-order valence-corrected chi connectivity index (χ2v) is 12.8. The smallest absolute Gasteiger partial charge is 0.300 e. The van der Waals surface area contributed by atoms with E-state index in [-0.39, 0.29) is 2.85 Å². The molecular weight excluding hydrogens is 935 g/mol. The highest BCUT2D eigenvalue weighted by Crippen LogP contribution is 2.10. The SMILES string of the molecule is C#CC.C#CC=CC.C#CCC.C=C(C)C.C=CC.CC(=O)O.CC1CO1.CC=C(C)C.CC=CC.CC=CCCC.CC=O.CCC1CO1.CN.CN=C=O.CN=C=S.CO.CS.CS(=O)(=O)O.[HH].[HH]. The molecular formula is C53H109N3O10S3. The molecule has 69 heavy (non-hydrogen) atoms. The van der Waals surface area contributed by atoms with E-state index in [4.69, 9.17) is 51.5 Å². The van der Waals surface area contributed by atoms with Crippen molar-refractivity contribution < 1.29 is 49.9 Å². The first-order valence-corrected chi connectivity index (χ1v) is 24.4. The van der Waals surface area contributed by atoms with Gasteiger partial charge in [0.05, 0.1) is 36.8 Å². The summed E-state index contributed by atoms with van der Waals surface area (Å²) < 4.78 is 35.4. The molecule has 0 radical (unpaired) electrons. The number of carbonyl (C=O) groups excluding carboxylic acids is 2. The van der Waals surface area contributed by atoms with Crippen molar-refractivity contribution in [2.24, 2.45) is 15.7 Å². The van der Waals surface area contributed by atoms with Gasteiger partial charge in [-0.05, 0) is 134 Å². The van der Waals surface area contributed by atoms with Crippen molar-refractivity contribution in [3.8, 4) is 37.0 Å². The predicted octanol–water partition coefficient (Wildman–Crippen LogP) is 13.4. The van der Waals surface area contributed by atoms with Crippen molar-refractivity contribution in [1.82, 2.24) is 0 Å². The summed E-state index contributed by atoms with van der Waals surface area (Å²) in [5.74, 6) is 6.18. The van der Waals surface area contributed by atoms with E-state index >= 15 is 0 Å². The molecule has 2 heterocycles. The summed E-state index contributed by atoms with van der Waals surface area (Å²) in [5, 5.41) is 16.6. The second-order valence-electron chi connectivity index (χ2n) is 11.1. The van der Waals surface area contributed by atoms with Crippen LogP contribution >= 0.6 is 24.8 Å². The Morgan fingerprint density at radius 3 is 1.14 bits per heavy atom. The summed E-state index contributed by atoms with van der Waals surface area (Å²) in [4.78, 5) is 32.9. The van der Waals surface area contributed by atoms with Gasteiger partial charge in [0.15, 0.2) is 0 Å². The Hall–Kier alpha value is -4.46. The molecule has 2 atom stereocenters. The van der Waals surface area contributed by atoms with Crippen LogP contribution in [0, 0.1) is 37.0 Å². The Bertz CT molecular complexity index is 1310. The number of aliphatic hydroxyl groups is 1. The molecule has 0 bridgehead atoms. The lowest BCUT2D eigenvalue weighted by atomic mass is 10.3. The van der Waals surface area contributed by atoms with Gasteiger partial charge in [-0.2, -0.15) is 21.0 Å². The monoisotopic (exact) mass is 1040 g/mol. The van der Waals surface area contributed by atoms with Gasteiger partial charge >= 0.3 is 0 Å². The van der Waals surface area contributed by atoms with Gasteiger partial charge in [-0.3, -0.25) is 9.35 Å². The number of thiocarbonyl (C=S) groups is 1. The maximum Gasteiger partial charge on any atom is 0.300 e. The number of ether oxygens (including phenoxy) is 2. The number of aliphatic hydroxyl groups excluding tert-OH is 1. The zero-order valence-corrected chi connectivity index (χ0v) is 50.2. The van der Waals surface area contributed by atoms with E-state index in [1.807, 2.05) is 73.6 Å². The van der Waals surface area contributed by atoms with E-state index in [0.29, 0.717) is 18.5 Å². The van der Waals surface area contributed by atoms with Gasteiger partial charge in [-0.25, -0.2) is 14.8 Å². The molecule has 13 nitrogen and oxygen atoms in total. The molecule has 16 heteroatoms. The molecule has 5 N–H and O–H groups in total. The average molecular weight is 1040 g/mol. The first-order chi connectivity index (χ1) is 32.3. The average Bonchev–Trinajstić information content (AvgIpc) is 4.27. The number of carboxylic acid groups (broad SMARTS) is 1. The highest BCUT2D eigenvalue weighted by atomic mass is 32.2. The van der Waals surface area contributed by atoms with Gasteiger partial charge in [0, 0.05) is 37.4 Å². The van der Waals surface area contributed by atoms with Crippen molar-refractivity contribution in [1.29, 1.82) is 0 Å². The van der Waals surface area contributed by atoms with Crippen molar-refractivity contribution in [2.45, 2.75) is 156 Å². The van der Waals surface area contributed by atoms with Crippen LogP contribution in [0.1, 0.15) is 146 Å². The molecule has 0 amide bonds. The van der Waals surface area contributed by atoms with E-state index in [1.54, 1.807) is 32.4 Å². The number of epoxide rings is 2. The lowest BCUT2D eigenvalue weighted by Crippen LogP contribution is -1.88. The number of carbonyl (C=O) groups is 2. The van der Waals surface area contributed by atoms with Crippen molar-refractivity contribution in [2.75, 3.05) is 54.0 Å². The number of aliphatic imine (C=N–C) groups is 2. The number of nitrogens with zero attached hydrogens (tertiary/aromatic N) is 2. The van der Waals surface area contributed by atoms with Gasteiger partial charge in [0.2, 0.25) is 6.08 Å². The number of terminal acetylenes is 3. The van der Waals surface area contributed by atoms with Crippen LogP contribution in [-0.4, -0.2) is 113 Å². The predicted molar refractivity (Wildman–Crippen MR) is 319 cm³/mol. The second kappa shape index (κ2) is 151. The normalized spacial score (nSPS) is 10.4. The maximum atomic E-state index is 9.19. The van der Waals surface area contributed by atoms with Crippen LogP contribution in [0.2, 0.25) is 0 Å². The zero-order valence-electron chi connectivity index (χ0n) is 47.7. The van der Waals surface area contributed by atoms with Crippen LogP contribution in [-0.2, 0) is 34.0 Å². The Balaban J connectivity index is -0.0000000263. The number of hydrogen-bond acceptors (Lipinski definition) is 13. The number of nitrogens with two attached hydrogens (primary N) is 1. The summed E-state index contributed by atoms with van der Waals surface area (Å²) in [6, 6.07) is 0. The summed E-state index contributed by atoms with van der Waals surface area (Å²) >= 11 is 7.66. The molecule has 2 saturated heterocycles. The van der Waals surface area contributed by atoms with E-state index in [0.717, 1.165) is 40.0 Å². The number of unbranched alkanes of at least 4 members (excludes halogenated alkanes) is 1. The minimum Gasteiger partial charge on any atom is -0.481 e. The Labute approximate surface area is 441 Å². The fourth-order valence-electron chi connectivity index (χ4n) is 0.830. The molecule has 0 aliphatic carbocycles. The topological polar surface area (TPSA) is 222 Å². The molecule has 2 aliphatic heterocycles. The van der Waals surface area contributed by atoms with Gasteiger partial charge < -0.3 is 30.2 Å². The fraction of sp³-hybridized carbons (Fsp3) is 0.585. The number of rotatable bonds is 3. The standard InChI is InChI=1S/C6H12.C5H10.C5H6.C4H8O.2C4H8.C4H6.C3H6O.C3H6.C3H4.C2H3NO.C2H3NS.C2H4O2.C2H4O.CH5N.CH4O3S.CH4O.CH4S.2H2/c1-3-5-6-4-2;1-4-5(2)3;1-3-5-4-2;1-2-4-3-5-4;1-4(2)3;2*1-3-4-2;1-3-2-4-3;2*1-3-2;2*1-3-2-4;1-2(3)4;1-2-3;1-2;1-5(2,3)4;2*1-2;;/h3,5H,4,6H2,1-2H3;4H,1-3H3;1,4-5H,2H3;4H,2-3H2,1H3;1H2,2-3H3;3-4H,1-2H3;1H,4H2,2H3;3H,2H2,1H3;3H,1H2,2H3;1H,2H3;2*1H3;1H3,(H,3,4);2H,1H3;2H2,1H3;1H3,(H,2,3,4);2*2H,1H3;2*1H. The Morgan fingerprint density at radius 2 is 1.13 bits per heavy atom. The molecule has 0 saturated carbocycles. The first kappa shape index (κ1) is 111. The van der Waals surface area contributed by atoms with E-state index < -0.39 is 16.1 Å². The third-order valence-electron chi connectivity index (χ3n) is 3.61. The zero-order chi connectivity index (χ0) is 59.4. The summed E-state index contributed by atoms with van der Waals surface area (Å²) in [6.45, 7) is 41.4. The number of aldehydes is 1. The number of allylic oxidation sites excluding steroid dienone is 10. The number of thiol groups is 1. The number of carboxylic acids is 1. The highest BCUT2D eigenvalue weighted by Gasteiger charge is 2.18. The number of isothiocyanates is 1. The van der Waals surface area contributed by atoms with Crippen molar-refractivity contribution >= 4 is 58.5 Å². The minimum absolute atomic E-state index is 0. The van der Waals surface area contributed by atoms with E-state index in [1.165, 1.54) is 57.5 Å². The van der Waals surface area contributed by atoms with Crippen molar-refractivity contribution in [3.63, 3.8) is 0 Å². The maximum absolute atomic E-state index is 9.19. The lowest BCUT2D eigenvalue weighted by Gasteiger charge is -1.76. The van der Waals surface area contributed by atoms with Gasteiger partial charge in [-0.15, -0.1) is 44.3 Å². The van der Waals surface area contributed by atoms with Gasteiger partial charge in [0.1, 0.15) is 6.29 Å². The number of aliphatic carboxylic acids is 1. The minimum atomic E-state index is -3.67. The third-order valence-corrected chi connectivity index (χ3v) is 3.79.